The van der Waals surface area contributed by atoms with Crippen LogP contribution in [-0.2, 0) is 0 Å². The summed E-state index contributed by atoms with van der Waals surface area (Å²) in [5.41, 5.74) is 14.1. The molecule has 3 heteroatoms. The van der Waals surface area contributed by atoms with E-state index in [0.29, 0.717) is 0 Å². The lowest BCUT2D eigenvalue weighted by Gasteiger charge is -2.11. The lowest BCUT2D eigenvalue weighted by atomic mass is 9.93. The molecule has 0 unspecified atom stereocenters. The molecule has 0 fully saturated rings. The number of hydrogen-bond donors (Lipinski definition) is 0. The van der Waals surface area contributed by atoms with E-state index in [1.165, 1.54) is 49.7 Å². The molecule has 1 aliphatic carbocycles. The Balaban J connectivity index is 1.15. The maximum Gasteiger partial charge on any atom is 0.164 e. The summed E-state index contributed by atoms with van der Waals surface area (Å²) in [6, 6.07) is 46.0. The summed E-state index contributed by atoms with van der Waals surface area (Å²) >= 11 is 0. The van der Waals surface area contributed by atoms with Crippen LogP contribution in [0.1, 0.15) is 0 Å². The van der Waals surface area contributed by atoms with Gasteiger partial charge in [-0.2, -0.15) is 0 Å². The van der Waals surface area contributed by atoms with Gasteiger partial charge in [0, 0.05) is 23.5 Å². The average Bonchev–Trinajstić information content (AvgIpc) is 3.56. The highest BCUT2D eigenvalue weighted by molar-refractivity contribution is 6.18. The Morgan fingerprint density at radius 3 is 1.93 bits per heavy atom. The summed E-state index contributed by atoms with van der Waals surface area (Å²) in [4.78, 5) is 9.42. The summed E-state index contributed by atoms with van der Waals surface area (Å²) in [7, 11) is 0. The fourth-order valence-electron chi connectivity index (χ4n) is 6.64. The van der Waals surface area contributed by atoms with Gasteiger partial charge in [-0.25, -0.2) is 4.98 Å². The van der Waals surface area contributed by atoms with Gasteiger partial charge < -0.3 is 0 Å². The molecule has 3 nitrogen and oxygen atoms in total. The van der Waals surface area contributed by atoms with Crippen LogP contribution in [-0.4, -0.2) is 14.5 Å². The number of aromatic nitrogens is 3. The highest BCUT2D eigenvalue weighted by Crippen LogP contribution is 2.49. The second-order valence-corrected chi connectivity index (χ2v) is 10.6. The van der Waals surface area contributed by atoms with Gasteiger partial charge in [-0.3, -0.25) is 9.55 Å². The molecular formula is C38H23N3. The topological polar surface area (TPSA) is 30.7 Å². The zero-order valence-corrected chi connectivity index (χ0v) is 22.1. The highest BCUT2D eigenvalue weighted by atomic mass is 15.1. The average molecular weight is 522 g/mol. The SMILES string of the molecule is c1ccc(-n2c3ccc(-c4ccc(-c5ccc6c7c(cccc57)-c5ccccc5-6)cc4)cc3c3nccnc32)cc1. The van der Waals surface area contributed by atoms with Crippen molar-refractivity contribution in [3.8, 4) is 50.2 Å². The van der Waals surface area contributed by atoms with E-state index >= 15 is 0 Å². The van der Waals surface area contributed by atoms with Crippen molar-refractivity contribution in [3.05, 3.63) is 140 Å². The Morgan fingerprint density at radius 1 is 0.439 bits per heavy atom. The Morgan fingerprint density at radius 2 is 1.10 bits per heavy atom. The van der Waals surface area contributed by atoms with Crippen LogP contribution < -0.4 is 0 Å². The molecule has 41 heavy (non-hydrogen) atoms. The molecule has 1 aliphatic rings. The Bertz CT molecular complexity index is 2270. The van der Waals surface area contributed by atoms with Crippen molar-refractivity contribution in [1.82, 2.24) is 14.5 Å². The molecule has 2 heterocycles. The maximum atomic E-state index is 4.72. The van der Waals surface area contributed by atoms with Gasteiger partial charge in [0.05, 0.1) is 5.52 Å². The molecule has 0 spiro atoms. The summed E-state index contributed by atoms with van der Waals surface area (Å²) in [6.07, 6.45) is 3.54. The predicted molar refractivity (Wildman–Crippen MR) is 169 cm³/mol. The zero-order chi connectivity index (χ0) is 26.9. The first-order valence-corrected chi connectivity index (χ1v) is 13.9. The van der Waals surface area contributed by atoms with E-state index in [9.17, 15) is 0 Å². The summed E-state index contributed by atoms with van der Waals surface area (Å²) in [5, 5.41) is 3.76. The summed E-state index contributed by atoms with van der Waals surface area (Å²) in [6.45, 7) is 0. The van der Waals surface area contributed by atoms with E-state index in [2.05, 4.69) is 126 Å². The van der Waals surface area contributed by atoms with Crippen LogP contribution in [0.2, 0.25) is 0 Å². The standard InChI is InChI=1S/C38H23N3/c1-2-7-27(8-3-1)41-35-20-17-26(23-34(35)37-38(41)40-22-21-39-37)24-13-15-25(16-14-24)28-18-19-33-30-10-5-4-9-29(30)32-12-6-11-31(28)36(32)33/h1-23H. The van der Waals surface area contributed by atoms with Crippen LogP contribution in [0.3, 0.4) is 0 Å². The van der Waals surface area contributed by atoms with Crippen molar-refractivity contribution >= 4 is 32.8 Å². The molecule has 8 aromatic rings. The molecule has 0 radical (unpaired) electrons. The molecule has 0 N–H and O–H groups in total. The molecule has 2 aromatic heterocycles. The van der Waals surface area contributed by atoms with Gasteiger partial charge in [0.2, 0.25) is 0 Å². The quantitative estimate of drug-likeness (QED) is 0.232. The van der Waals surface area contributed by atoms with Gasteiger partial charge in [0.1, 0.15) is 5.52 Å². The second-order valence-electron chi connectivity index (χ2n) is 10.6. The molecule has 0 saturated carbocycles. The van der Waals surface area contributed by atoms with Crippen molar-refractivity contribution < 1.29 is 0 Å². The van der Waals surface area contributed by atoms with Crippen molar-refractivity contribution in [2.45, 2.75) is 0 Å². The third-order valence-corrected chi connectivity index (χ3v) is 8.47. The van der Waals surface area contributed by atoms with Gasteiger partial charge in [-0.05, 0) is 79.5 Å². The van der Waals surface area contributed by atoms with Crippen LogP contribution in [0.25, 0.3) is 83.0 Å². The van der Waals surface area contributed by atoms with Crippen molar-refractivity contribution in [2.24, 2.45) is 0 Å². The van der Waals surface area contributed by atoms with Crippen LogP contribution in [0.5, 0.6) is 0 Å². The molecule has 9 rings (SSSR count). The van der Waals surface area contributed by atoms with Gasteiger partial charge in [-0.15, -0.1) is 0 Å². The van der Waals surface area contributed by atoms with E-state index in [1.807, 2.05) is 6.07 Å². The minimum absolute atomic E-state index is 0.871. The first-order valence-electron chi connectivity index (χ1n) is 13.9. The zero-order valence-electron chi connectivity index (χ0n) is 22.1. The van der Waals surface area contributed by atoms with Crippen LogP contribution in [0.15, 0.2) is 140 Å². The number of hydrogen-bond acceptors (Lipinski definition) is 2. The van der Waals surface area contributed by atoms with Crippen molar-refractivity contribution in [2.75, 3.05) is 0 Å². The first-order chi connectivity index (χ1) is 20.3. The third kappa shape index (κ3) is 3.20. The van der Waals surface area contributed by atoms with Crippen LogP contribution in [0, 0.1) is 0 Å². The number of nitrogens with zero attached hydrogens (tertiary/aromatic N) is 3. The highest BCUT2D eigenvalue weighted by Gasteiger charge is 2.22. The Kier molecular flexibility index (Phi) is 4.61. The van der Waals surface area contributed by atoms with Crippen LogP contribution >= 0.6 is 0 Å². The molecule has 190 valence electrons. The number of benzene rings is 6. The van der Waals surface area contributed by atoms with Gasteiger partial charge in [0.25, 0.3) is 0 Å². The normalized spacial score (nSPS) is 11.9. The van der Waals surface area contributed by atoms with Crippen LogP contribution in [0.4, 0.5) is 0 Å². The maximum absolute atomic E-state index is 4.72. The summed E-state index contributed by atoms with van der Waals surface area (Å²) in [5.74, 6) is 0. The van der Waals surface area contributed by atoms with E-state index in [1.54, 1.807) is 12.4 Å². The minimum Gasteiger partial charge on any atom is -0.293 e. The largest absolute Gasteiger partial charge is 0.293 e. The Hall–Kier alpha value is -5.54. The van der Waals surface area contributed by atoms with Gasteiger partial charge in [0.15, 0.2) is 5.65 Å². The fraction of sp³-hybridized carbons (Fsp3) is 0. The molecule has 0 atom stereocenters. The van der Waals surface area contributed by atoms with Gasteiger partial charge >= 0.3 is 0 Å². The monoisotopic (exact) mass is 521 g/mol. The first kappa shape index (κ1) is 22.3. The predicted octanol–water partition coefficient (Wildman–Crippen LogP) is 9.71. The van der Waals surface area contributed by atoms with Crippen molar-refractivity contribution in [1.29, 1.82) is 0 Å². The lowest BCUT2D eigenvalue weighted by Crippen LogP contribution is -1.94. The summed E-state index contributed by atoms with van der Waals surface area (Å²) < 4.78 is 2.19. The van der Waals surface area contributed by atoms with E-state index < -0.39 is 0 Å². The second kappa shape index (κ2) is 8.48. The molecule has 0 saturated heterocycles. The fourth-order valence-corrected chi connectivity index (χ4v) is 6.64. The lowest BCUT2D eigenvalue weighted by molar-refractivity contribution is 1.12. The molecule has 0 bridgehead atoms. The van der Waals surface area contributed by atoms with E-state index in [0.717, 1.165) is 33.3 Å². The third-order valence-electron chi connectivity index (χ3n) is 8.47. The number of para-hydroxylation sites is 1. The van der Waals surface area contributed by atoms with Gasteiger partial charge in [-0.1, -0.05) is 103 Å². The smallest absolute Gasteiger partial charge is 0.164 e. The Labute approximate surface area is 237 Å². The minimum atomic E-state index is 0.871. The molecule has 0 aliphatic heterocycles. The number of fused-ring (bicyclic) bond motifs is 6. The number of rotatable bonds is 3. The van der Waals surface area contributed by atoms with Crippen molar-refractivity contribution in [3.63, 3.8) is 0 Å². The van der Waals surface area contributed by atoms with E-state index in [4.69, 9.17) is 9.97 Å². The molecule has 0 amide bonds. The molecule has 6 aromatic carbocycles. The van der Waals surface area contributed by atoms with E-state index in [-0.39, 0.29) is 0 Å². The molecular weight excluding hydrogens is 498 g/mol.